The topological polar surface area (TPSA) is 56.5 Å². The molecule has 0 fully saturated rings. The van der Waals surface area contributed by atoms with Crippen LogP contribution in [0.3, 0.4) is 0 Å². The summed E-state index contributed by atoms with van der Waals surface area (Å²) in [5.41, 5.74) is 3.90. The Morgan fingerprint density at radius 2 is 2.00 bits per heavy atom. The van der Waals surface area contributed by atoms with Gasteiger partial charge in [-0.05, 0) is 29.1 Å². The molecule has 0 saturated heterocycles. The number of fused-ring (bicyclic) bond motifs is 1. The van der Waals surface area contributed by atoms with Gasteiger partial charge in [0.05, 0.1) is 0 Å². The molecule has 6 heteroatoms. The van der Waals surface area contributed by atoms with E-state index < -0.39 is 0 Å². The number of methoxy groups -OCH3 is 1. The zero-order valence-electron chi connectivity index (χ0n) is 15.6. The van der Waals surface area contributed by atoms with Gasteiger partial charge in [0.25, 0.3) is 0 Å². The molecule has 1 N–H and O–H groups in total. The van der Waals surface area contributed by atoms with Crippen LogP contribution in [0, 0.1) is 0 Å². The number of nitrogens with one attached hydrogen (secondary N) is 1. The highest BCUT2D eigenvalue weighted by Crippen LogP contribution is 2.33. The predicted molar refractivity (Wildman–Crippen MR) is 112 cm³/mol. The van der Waals surface area contributed by atoms with Crippen molar-refractivity contribution in [1.82, 2.24) is 10.5 Å². The van der Waals surface area contributed by atoms with Crippen LogP contribution in [0.15, 0.2) is 70.6 Å². The lowest BCUT2D eigenvalue weighted by Gasteiger charge is -2.17. The number of thiophene rings is 1. The number of rotatable bonds is 9. The van der Waals surface area contributed by atoms with Gasteiger partial charge < -0.3 is 19.3 Å². The van der Waals surface area contributed by atoms with Crippen LogP contribution >= 0.6 is 11.3 Å². The fourth-order valence-electron chi connectivity index (χ4n) is 2.97. The number of hydrogen-bond donors (Lipinski definition) is 1. The summed E-state index contributed by atoms with van der Waals surface area (Å²) in [6, 6.07) is 20.2. The van der Waals surface area contributed by atoms with Crippen LogP contribution in [-0.2, 0) is 11.3 Å². The van der Waals surface area contributed by atoms with Crippen molar-refractivity contribution >= 4 is 21.6 Å². The Balaban J connectivity index is 1.34. The van der Waals surface area contributed by atoms with Crippen LogP contribution in [0.5, 0.6) is 5.75 Å². The van der Waals surface area contributed by atoms with E-state index in [2.05, 4.69) is 22.6 Å². The van der Waals surface area contributed by atoms with E-state index >= 15 is 0 Å². The summed E-state index contributed by atoms with van der Waals surface area (Å²) >= 11 is 1.63. The summed E-state index contributed by atoms with van der Waals surface area (Å²) in [7, 11) is 1.71. The summed E-state index contributed by atoms with van der Waals surface area (Å²) < 4.78 is 17.9. The molecule has 28 heavy (non-hydrogen) atoms. The first-order valence-corrected chi connectivity index (χ1v) is 10.0. The van der Waals surface area contributed by atoms with E-state index in [-0.39, 0.29) is 6.10 Å². The van der Waals surface area contributed by atoms with Crippen LogP contribution in [0.2, 0.25) is 0 Å². The van der Waals surface area contributed by atoms with Gasteiger partial charge in [0.15, 0.2) is 5.58 Å². The number of ether oxygens (including phenoxy) is 2. The molecule has 0 aliphatic carbocycles. The van der Waals surface area contributed by atoms with Gasteiger partial charge in [-0.25, -0.2) is 0 Å². The molecule has 4 aromatic rings. The molecule has 2 heterocycles. The average molecular weight is 394 g/mol. The van der Waals surface area contributed by atoms with Crippen LogP contribution in [0.25, 0.3) is 21.5 Å². The number of nitrogens with zero attached hydrogens (tertiary/aromatic N) is 1. The van der Waals surface area contributed by atoms with Crippen molar-refractivity contribution in [2.24, 2.45) is 0 Å². The van der Waals surface area contributed by atoms with Gasteiger partial charge in [-0.2, -0.15) is 0 Å². The zero-order valence-corrected chi connectivity index (χ0v) is 16.4. The van der Waals surface area contributed by atoms with Crippen molar-refractivity contribution in [2.75, 3.05) is 20.3 Å². The second kappa shape index (κ2) is 9.01. The lowest BCUT2D eigenvalue weighted by Crippen LogP contribution is -2.32. The number of benzene rings is 2. The van der Waals surface area contributed by atoms with Gasteiger partial charge in [-0.3, -0.25) is 0 Å². The predicted octanol–water partition coefficient (Wildman–Crippen LogP) is 4.74. The SMILES string of the molecule is CO[C@H](CNCc1ccccc1)COc1cccc(-c2noc3ccsc23)c1. The zero-order chi connectivity index (χ0) is 19.2. The normalized spacial score (nSPS) is 12.3. The lowest BCUT2D eigenvalue weighted by molar-refractivity contribution is 0.0579. The van der Waals surface area contributed by atoms with Crippen LogP contribution < -0.4 is 10.1 Å². The maximum absolute atomic E-state index is 5.97. The Labute approximate surface area is 167 Å². The third-order valence-electron chi connectivity index (χ3n) is 4.50. The Morgan fingerprint density at radius 3 is 2.86 bits per heavy atom. The van der Waals surface area contributed by atoms with Crippen LogP contribution in [0.1, 0.15) is 5.56 Å². The molecular formula is C22H22N2O3S. The molecule has 1 atom stereocenters. The molecule has 0 amide bonds. The standard InChI is InChI=1S/C22H22N2O3S/c1-25-19(14-23-13-16-6-3-2-4-7-16)15-26-18-9-5-8-17(12-18)21-22-20(27-24-21)10-11-28-22/h2-12,19,23H,13-15H2,1H3/t19-/m1/s1. The molecule has 0 saturated carbocycles. The minimum atomic E-state index is -0.0385. The minimum Gasteiger partial charge on any atom is -0.491 e. The molecule has 144 valence electrons. The molecule has 0 bridgehead atoms. The van der Waals surface area contributed by atoms with Crippen molar-refractivity contribution in [1.29, 1.82) is 0 Å². The van der Waals surface area contributed by atoms with Gasteiger partial charge in [0.2, 0.25) is 0 Å². The highest BCUT2D eigenvalue weighted by Gasteiger charge is 2.13. The Morgan fingerprint density at radius 1 is 1.11 bits per heavy atom. The summed E-state index contributed by atoms with van der Waals surface area (Å²) in [6.07, 6.45) is -0.0385. The van der Waals surface area contributed by atoms with Crippen molar-refractivity contribution in [3.63, 3.8) is 0 Å². The third-order valence-corrected chi connectivity index (χ3v) is 5.40. The smallest absolute Gasteiger partial charge is 0.178 e. The highest BCUT2D eigenvalue weighted by atomic mass is 32.1. The highest BCUT2D eigenvalue weighted by molar-refractivity contribution is 7.17. The maximum Gasteiger partial charge on any atom is 0.178 e. The first-order valence-electron chi connectivity index (χ1n) is 9.17. The van der Waals surface area contributed by atoms with Gasteiger partial charge >= 0.3 is 0 Å². The molecular weight excluding hydrogens is 372 g/mol. The molecule has 0 aliphatic heterocycles. The van der Waals surface area contributed by atoms with Gasteiger partial charge in [0, 0.05) is 25.8 Å². The van der Waals surface area contributed by atoms with E-state index in [1.54, 1.807) is 18.4 Å². The molecule has 2 aromatic heterocycles. The quantitative estimate of drug-likeness (QED) is 0.444. The molecule has 4 rings (SSSR count). The van der Waals surface area contributed by atoms with Gasteiger partial charge in [0.1, 0.15) is 28.9 Å². The lowest BCUT2D eigenvalue weighted by atomic mass is 10.1. The minimum absolute atomic E-state index is 0.0385. The fraction of sp³-hybridized carbons (Fsp3) is 0.227. The van der Waals surface area contributed by atoms with Crippen molar-refractivity contribution < 1.29 is 14.0 Å². The van der Waals surface area contributed by atoms with E-state index in [1.165, 1.54) is 5.56 Å². The summed E-state index contributed by atoms with van der Waals surface area (Å²) in [6.45, 7) is 1.98. The molecule has 0 aliphatic rings. The second-order valence-electron chi connectivity index (χ2n) is 6.46. The second-order valence-corrected chi connectivity index (χ2v) is 7.37. The first-order chi connectivity index (χ1) is 13.8. The summed E-state index contributed by atoms with van der Waals surface area (Å²) in [4.78, 5) is 0. The van der Waals surface area contributed by atoms with Crippen LogP contribution in [-0.4, -0.2) is 31.5 Å². The van der Waals surface area contributed by atoms with Gasteiger partial charge in [-0.15, -0.1) is 11.3 Å². The monoisotopic (exact) mass is 394 g/mol. The summed E-state index contributed by atoms with van der Waals surface area (Å²) in [5.74, 6) is 0.787. The third kappa shape index (κ3) is 4.42. The number of aromatic nitrogens is 1. The van der Waals surface area contributed by atoms with E-state index in [1.807, 2.05) is 53.9 Å². The molecule has 5 nitrogen and oxygen atoms in total. The van der Waals surface area contributed by atoms with Crippen LogP contribution in [0.4, 0.5) is 0 Å². The van der Waals surface area contributed by atoms with E-state index in [0.29, 0.717) is 13.2 Å². The molecule has 0 spiro atoms. The maximum atomic E-state index is 5.97. The Bertz CT molecular complexity index is 1010. The van der Waals surface area contributed by atoms with E-state index in [9.17, 15) is 0 Å². The fourth-order valence-corrected chi connectivity index (χ4v) is 3.78. The largest absolute Gasteiger partial charge is 0.491 e. The Hall–Kier alpha value is -2.67. The van der Waals surface area contributed by atoms with Crippen molar-refractivity contribution in [2.45, 2.75) is 12.6 Å². The molecule has 0 radical (unpaired) electrons. The molecule has 2 aromatic carbocycles. The summed E-state index contributed by atoms with van der Waals surface area (Å²) in [5, 5.41) is 9.61. The average Bonchev–Trinajstić information content (AvgIpc) is 3.35. The van der Waals surface area contributed by atoms with E-state index in [0.717, 1.165) is 33.8 Å². The van der Waals surface area contributed by atoms with Crippen molar-refractivity contribution in [3.05, 3.63) is 71.6 Å². The Kier molecular flexibility index (Phi) is 6.01. The van der Waals surface area contributed by atoms with E-state index in [4.69, 9.17) is 14.0 Å². The first kappa shape index (κ1) is 18.7. The number of hydrogen-bond acceptors (Lipinski definition) is 6. The molecule has 0 unspecified atom stereocenters. The van der Waals surface area contributed by atoms with Gasteiger partial charge in [-0.1, -0.05) is 47.6 Å². The van der Waals surface area contributed by atoms with Crippen molar-refractivity contribution in [3.8, 4) is 17.0 Å².